The van der Waals surface area contributed by atoms with Crippen molar-refractivity contribution in [3.63, 3.8) is 0 Å². The second-order valence-corrected chi connectivity index (χ2v) is 6.41. The van der Waals surface area contributed by atoms with Crippen molar-refractivity contribution in [1.29, 1.82) is 0 Å². The van der Waals surface area contributed by atoms with Gasteiger partial charge in [0.2, 0.25) is 0 Å². The van der Waals surface area contributed by atoms with Crippen LogP contribution in [-0.2, 0) is 6.42 Å². The van der Waals surface area contributed by atoms with E-state index in [2.05, 4.69) is 10.1 Å². The van der Waals surface area contributed by atoms with Gasteiger partial charge in [0.15, 0.2) is 23.0 Å². The number of aromatic nitrogens is 1. The van der Waals surface area contributed by atoms with Gasteiger partial charge in [-0.3, -0.25) is 4.98 Å². The molecule has 3 rings (SSSR count). The second-order valence-electron chi connectivity index (χ2n) is 6.41. The molecule has 1 heterocycles. The lowest BCUT2D eigenvalue weighted by atomic mass is 9.96. The number of ether oxygens (including phenoxy) is 4. The molecule has 7 nitrogen and oxygen atoms in total. The van der Waals surface area contributed by atoms with E-state index in [-0.39, 0.29) is 0 Å². The van der Waals surface area contributed by atoms with E-state index < -0.39 is 0 Å². The first kappa shape index (κ1) is 20.3. The summed E-state index contributed by atoms with van der Waals surface area (Å²) in [5.74, 6) is 2.45. The highest BCUT2D eigenvalue weighted by atomic mass is 16.5. The average Bonchev–Trinajstić information content (AvgIpc) is 2.77. The maximum Gasteiger partial charge on any atom is 0.161 e. The summed E-state index contributed by atoms with van der Waals surface area (Å²) >= 11 is 0. The van der Waals surface area contributed by atoms with Gasteiger partial charge in [0, 0.05) is 23.6 Å². The SMILES string of the molecule is COc1cc(Cc2nccc3cc(OC)c(OC)cc23)c(/C(C)=N/O)cc1OC. The summed E-state index contributed by atoms with van der Waals surface area (Å²) in [6, 6.07) is 9.46. The molecule has 0 unspecified atom stereocenters. The molecule has 0 radical (unpaired) electrons. The van der Waals surface area contributed by atoms with Gasteiger partial charge in [0.05, 0.1) is 39.8 Å². The van der Waals surface area contributed by atoms with Gasteiger partial charge in [-0.05, 0) is 48.2 Å². The van der Waals surface area contributed by atoms with Gasteiger partial charge >= 0.3 is 0 Å². The Labute approximate surface area is 169 Å². The summed E-state index contributed by atoms with van der Waals surface area (Å²) in [6.45, 7) is 1.73. The fourth-order valence-electron chi connectivity index (χ4n) is 3.34. The van der Waals surface area contributed by atoms with Crippen molar-refractivity contribution in [3.05, 3.63) is 53.3 Å². The van der Waals surface area contributed by atoms with Gasteiger partial charge in [-0.25, -0.2) is 0 Å². The predicted molar refractivity (Wildman–Crippen MR) is 111 cm³/mol. The third kappa shape index (κ3) is 3.89. The predicted octanol–water partition coefficient (Wildman–Crippen LogP) is 4.06. The Balaban J connectivity index is 2.18. The van der Waals surface area contributed by atoms with E-state index >= 15 is 0 Å². The highest BCUT2D eigenvalue weighted by molar-refractivity contribution is 6.00. The number of pyridine rings is 1. The molecule has 1 aromatic heterocycles. The molecule has 1 N–H and O–H groups in total. The van der Waals surface area contributed by atoms with Gasteiger partial charge in [0.25, 0.3) is 0 Å². The number of nitrogens with zero attached hydrogens (tertiary/aromatic N) is 2. The van der Waals surface area contributed by atoms with Crippen LogP contribution >= 0.6 is 0 Å². The lowest BCUT2D eigenvalue weighted by molar-refractivity contribution is 0.319. The number of oxime groups is 1. The Hall–Kier alpha value is -3.48. The Morgan fingerprint density at radius 3 is 2.10 bits per heavy atom. The van der Waals surface area contributed by atoms with Crippen molar-refractivity contribution in [2.24, 2.45) is 5.16 Å². The molecule has 0 aliphatic heterocycles. The van der Waals surface area contributed by atoms with Gasteiger partial charge in [-0.2, -0.15) is 0 Å². The molecular weight excluding hydrogens is 372 g/mol. The highest BCUT2D eigenvalue weighted by Gasteiger charge is 2.17. The monoisotopic (exact) mass is 396 g/mol. The van der Waals surface area contributed by atoms with Crippen molar-refractivity contribution in [2.45, 2.75) is 13.3 Å². The van der Waals surface area contributed by atoms with E-state index in [0.717, 1.165) is 27.6 Å². The first-order chi connectivity index (χ1) is 14.1. The van der Waals surface area contributed by atoms with Crippen LogP contribution in [0.4, 0.5) is 0 Å². The lowest BCUT2D eigenvalue weighted by Gasteiger charge is -2.16. The quantitative estimate of drug-likeness (QED) is 0.368. The van der Waals surface area contributed by atoms with Crippen molar-refractivity contribution < 1.29 is 24.2 Å². The van der Waals surface area contributed by atoms with Crippen LogP contribution in [-0.4, -0.2) is 44.3 Å². The summed E-state index contributed by atoms with van der Waals surface area (Å²) in [7, 11) is 6.37. The van der Waals surface area contributed by atoms with Gasteiger partial charge in [0.1, 0.15) is 0 Å². The maximum atomic E-state index is 9.34. The zero-order valence-corrected chi connectivity index (χ0v) is 17.1. The highest BCUT2D eigenvalue weighted by Crippen LogP contribution is 2.35. The first-order valence-electron chi connectivity index (χ1n) is 8.99. The molecule has 152 valence electrons. The average molecular weight is 396 g/mol. The summed E-state index contributed by atoms with van der Waals surface area (Å²) < 4.78 is 21.7. The summed E-state index contributed by atoms with van der Waals surface area (Å²) in [4.78, 5) is 4.59. The minimum Gasteiger partial charge on any atom is -0.493 e. The van der Waals surface area contributed by atoms with Gasteiger partial charge < -0.3 is 24.2 Å². The van der Waals surface area contributed by atoms with Crippen LogP contribution in [0.2, 0.25) is 0 Å². The van der Waals surface area contributed by atoms with E-state index in [1.807, 2.05) is 24.3 Å². The Morgan fingerprint density at radius 2 is 1.48 bits per heavy atom. The molecule has 0 atom stereocenters. The molecule has 0 saturated carbocycles. The number of hydrogen-bond donors (Lipinski definition) is 1. The second kappa shape index (κ2) is 8.68. The third-order valence-electron chi connectivity index (χ3n) is 4.86. The van der Waals surface area contributed by atoms with Crippen LogP contribution in [0.5, 0.6) is 23.0 Å². The Bertz CT molecular complexity index is 1060. The van der Waals surface area contributed by atoms with E-state index in [4.69, 9.17) is 18.9 Å². The molecule has 0 spiro atoms. The molecule has 0 fully saturated rings. The third-order valence-corrected chi connectivity index (χ3v) is 4.86. The largest absolute Gasteiger partial charge is 0.493 e. The Kier molecular flexibility index (Phi) is 6.07. The van der Waals surface area contributed by atoms with E-state index in [0.29, 0.717) is 35.1 Å². The molecule has 0 aliphatic rings. The van der Waals surface area contributed by atoms with Crippen molar-refractivity contribution in [3.8, 4) is 23.0 Å². The minimum absolute atomic E-state index is 0.473. The first-order valence-corrected chi connectivity index (χ1v) is 8.99. The van der Waals surface area contributed by atoms with Crippen LogP contribution < -0.4 is 18.9 Å². The van der Waals surface area contributed by atoms with Crippen molar-refractivity contribution >= 4 is 16.5 Å². The molecule has 29 heavy (non-hydrogen) atoms. The lowest BCUT2D eigenvalue weighted by Crippen LogP contribution is -2.05. The van der Waals surface area contributed by atoms with Crippen LogP contribution in [0.3, 0.4) is 0 Å². The molecule has 7 heteroatoms. The molecule has 0 aliphatic carbocycles. The van der Waals surface area contributed by atoms with E-state index in [9.17, 15) is 5.21 Å². The number of benzene rings is 2. The number of fused-ring (bicyclic) bond motifs is 1. The zero-order chi connectivity index (χ0) is 21.0. The van der Waals surface area contributed by atoms with E-state index in [1.165, 1.54) is 0 Å². The van der Waals surface area contributed by atoms with E-state index in [1.54, 1.807) is 47.6 Å². The minimum atomic E-state index is 0.473. The topological polar surface area (TPSA) is 82.4 Å². The number of methoxy groups -OCH3 is 4. The van der Waals surface area contributed by atoms with Crippen molar-refractivity contribution in [1.82, 2.24) is 4.98 Å². The van der Waals surface area contributed by atoms with Gasteiger partial charge in [-0.1, -0.05) is 5.16 Å². The number of hydrogen-bond acceptors (Lipinski definition) is 7. The van der Waals surface area contributed by atoms with Gasteiger partial charge in [-0.15, -0.1) is 0 Å². The maximum absolute atomic E-state index is 9.34. The van der Waals surface area contributed by atoms with Crippen molar-refractivity contribution in [2.75, 3.05) is 28.4 Å². The smallest absolute Gasteiger partial charge is 0.161 e. The number of rotatable bonds is 7. The standard InChI is InChI=1S/C22H24N2O5/c1-13(24-25)16-11-21(28-4)20(27-3)10-15(16)8-18-17-12-22(29-5)19(26-2)9-14(17)6-7-23-18/h6-7,9-12,25H,8H2,1-5H3/b24-13+. The van der Waals surface area contributed by atoms with Crippen LogP contribution in [0.15, 0.2) is 41.7 Å². The normalized spacial score (nSPS) is 11.4. The van der Waals surface area contributed by atoms with Crippen LogP contribution in [0, 0.1) is 0 Å². The van der Waals surface area contributed by atoms with Crippen LogP contribution in [0.25, 0.3) is 10.8 Å². The summed E-state index contributed by atoms with van der Waals surface area (Å²) in [5, 5.41) is 14.6. The summed E-state index contributed by atoms with van der Waals surface area (Å²) in [5.41, 5.74) is 2.97. The van der Waals surface area contributed by atoms with Crippen LogP contribution in [0.1, 0.15) is 23.7 Å². The summed E-state index contributed by atoms with van der Waals surface area (Å²) in [6.07, 6.45) is 2.26. The fourth-order valence-corrected chi connectivity index (χ4v) is 3.34. The molecule has 2 aromatic carbocycles. The zero-order valence-electron chi connectivity index (χ0n) is 17.1. The molecule has 0 amide bonds. The molecule has 0 bridgehead atoms. The molecular formula is C22H24N2O5. The molecule has 0 saturated heterocycles. The fraction of sp³-hybridized carbons (Fsp3) is 0.273. The molecule has 3 aromatic rings. The Morgan fingerprint density at radius 1 is 0.897 bits per heavy atom.